The van der Waals surface area contributed by atoms with Gasteiger partial charge in [-0.1, -0.05) is 6.92 Å². The first-order valence-corrected chi connectivity index (χ1v) is 8.49. The Labute approximate surface area is 133 Å². The fourth-order valence-corrected chi connectivity index (χ4v) is 3.64. The highest BCUT2D eigenvalue weighted by molar-refractivity contribution is 5.68. The van der Waals surface area contributed by atoms with Crippen molar-refractivity contribution in [3.05, 3.63) is 17.7 Å². The van der Waals surface area contributed by atoms with E-state index in [0.29, 0.717) is 5.92 Å². The lowest BCUT2D eigenvalue weighted by molar-refractivity contribution is 0.0854. The van der Waals surface area contributed by atoms with Gasteiger partial charge in [0.2, 0.25) is 0 Å². The first kappa shape index (κ1) is 15.5. The minimum atomic E-state index is 0.552. The normalized spacial score (nSPS) is 21.1. The first-order chi connectivity index (χ1) is 10.7. The molecule has 1 aromatic rings. The van der Waals surface area contributed by atoms with E-state index >= 15 is 0 Å². The van der Waals surface area contributed by atoms with Crippen LogP contribution < -0.4 is 15.4 Å². The maximum absolute atomic E-state index is 6.18. The van der Waals surface area contributed by atoms with Crippen LogP contribution in [0.4, 0.5) is 11.4 Å². The Morgan fingerprint density at radius 1 is 1.14 bits per heavy atom. The van der Waals surface area contributed by atoms with Crippen molar-refractivity contribution >= 4 is 11.4 Å². The zero-order chi connectivity index (χ0) is 15.5. The molecule has 2 aliphatic heterocycles. The first-order valence-electron chi connectivity index (χ1n) is 8.49. The summed E-state index contributed by atoms with van der Waals surface area (Å²) < 4.78 is 11.0. The van der Waals surface area contributed by atoms with E-state index in [4.69, 9.17) is 15.2 Å². The van der Waals surface area contributed by atoms with Crippen molar-refractivity contribution in [3.63, 3.8) is 0 Å². The molecule has 1 aromatic carbocycles. The molecule has 0 saturated carbocycles. The van der Waals surface area contributed by atoms with Gasteiger partial charge in [-0.05, 0) is 49.1 Å². The van der Waals surface area contributed by atoms with E-state index in [1.807, 2.05) is 0 Å². The van der Waals surface area contributed by atoms with Crippen molar-refractivity contribution in [1.82, 2.24) is 0 Å². The lowest BCUT2D eigenvalue weighted by Crippen LogP contribution is -2.34. The average molecular weight is 304 g/mol. The number of rotatable bonds is 3. The third-order valence-electron chi connectivity index (χ3n) is 5.16. The molecule has 0 aromatic heterocycles. The van der Waals surface area contributed by atoms with E-state index in [-0.39, 0.29) is 0 Å². The number of hydrogen-bond acceptors (Lipinski definition) is 4. The molecule has 0 aliphatic carbocycles. The minimum absolute atomic E-state index is 0.552. The molecule has 0 spiro atoms. The SMILES string of the molecule is COc1cc(N2CCC(C)CC2)c(C2CCOCC2)cc1N. The van der Waals surface area contributed by atoms with Crippen LogP contribution in [0.3, 0.4) is 0 Å². The van der Waals surface area contributed by atoms with Gasteiger partial charge in [0.05, 0.1) is 12.8 Å². The fourth-order valence-electron chi connectivity index (χ4n) is 3.64. The summed E-state index contributed by atoms with van der Waals surface area (Å²) in [5.74, 6) is 2.18. The number of hydrogen-bond donors (Lipinski definition) is 1. The molecule has 0 unspecified atom stereocenters. The molecule has 122 valence electrons. The highest BCUT2D eigenvalue weighted by Gasteiger charge is 2.25. The number of methoxy groups -OCH3 is 1. The van der Waals surface area contributed by atoms with Crippen molar-refractivity contribution in [1.29, 1.82) is 0 Å². The van der Waals surface area contributed by atoms with Crippen LogP contribution in [0.1, 0.15) is 44.1 Å². The molecule has 2 aliphatic rings. The molecule has 3 rings (SSSR count). The summed E-state index contributed by atoms with van der Waals surface area (Å²) in [6, 6.07) is 4.29. The van der Waals surface area contributed by atoms with Crippen molar-refractivity contribution in [3.8, 4) is 5.75 Å². The van der Waals surface area contributed by atoms with Gasteiger partial charge in [0.25, 0.3) is 0 Å². The third kappa shape index (κ3) is 3.17. The number of benzene rings is 1. The number of piperidine rings is 1. The van der Waals surface area contributed by atoms with Crippen molar-refractivity contribution < 1.29 is 9.47 Å². The van der Waals surface area contributed by atoms with Crippen LogP contribution in [-0.4, -0.2) is 33.4 Å². The maximum Gasteiger partial charge on any atom is 0.143 e. The highest BCUT2D eigenvalue weighted by Crippen LogP contribution is 2.40. The monoisotopic (exact) mass is 304 g/mol. The van der Waals surface area contributed by atoms with Gasteiger partial charge in [-0.15, -0.1) is 0 Å². The Morgan fingerprint density at radius 2 is 1.82 bits per heavy atom. The Morgan fingerprint density at radius 3 is 2.45 bits per heavy atom. The van der Waals surface area contributed by atoms with Crippen molar-refractivity contribution in [2.24, 2.45) is 5.92 Å². The van der Waals surface area contributed by atoms with E-state index in [1.54, 1.807) is 7.11 Å². The van der Waals surface area contributed by atoms with E-state index in [9.17, 15) is 0 Å². The second-order valence-corrected chi connectivity index (χ2v) is 6.71. The molecule has 0 radical (unpaired) electrons. The molecule has 4 heteroatoms. The number of anilines is 2. The molecule has 2 saturated heterocycles. The molecule has 2 N–H and O–H groups in total. The Hall–Kier alpha value is -1.42. The summed E-state index contributed by atoms with van der Waals surface area (Å²) in [6.07, 6.45) is 4.70. The van der Waals surface area contributed by atoms with Gasteiger partial charge in [-0.25, -0.2) is 0 Å². The van der Waals surface area contributed by atoms with E-state index in [0.717, 1.165) is 56.5 Å². The molecule has 2 heterocycles. The second-order valence-electron chi connectivity index (χ2n) is 6.71. The number of nitrogens with two attached hydrogens (primary N) is 1. The van der Waals surface area contributed by atoms with Crippen molar-refractivity contribution in [2.45, 2.75) is 38.5 Å². The van der Waals surface area contributed by atoms with Gasteiger partial charge in [0, 0.05) is 38.1 Å². The standard InChI is InChI=1S/C18H28N2O2/c1-13-3-7-20(8-4-13)17-12-18(21-2)16(19)11-15(17)14-5-9-22-10-6-14/h11-14H,3-10,19H2,1-2H3. The largest absolute Gasteiger partial charge is 0.495 e. The number of ether oxygens (including phenoxy) is 2. The molecule has 0 amide bonds. The molecule has 0 bridgehead atoms. The van der Waals surface area contributed by atoms with Gasteiger partial charge in [-0.2, -0.15) is 0 Å². The van der Waals surface area contributed by atoms with Crippen LogP contribution in [0.15, 0.2) is 12.1 Å². The lowest BCUT2D eigenvalue weighted by Gasteiger charge is -2.36. The van der Waals surface area contributed by atoms with E-state index < -0.39 is 0 Å². The molecule has 22 heavy (non-hydrogen) atoms. The van der Waals surface area contributed by atoms with E-state index in [2.05, 4.69) is 24.0 Å². The average Bonchev–Trinajstić information content (AvgIpc) is 2.56. The summed E-state index contributed by atoms with van der Waals surface area (Å²) in [7, 11) is 1.70. The molecular formula is C18H28N2O2. The Balaban J connectivity index is 1.93. The van der Waals surface area contributed by atoms with Crippen LogP contribution in [0.25, 0.3) is 0 Å². The van der Waals surface area contributed by atoms with Crippen LogP contribution >= 0.6 is 0 Å². The topological polar surface area (TPSA) is 47.7 Å². The Kier molecular flexibility index (Phi) is 4.77. The number of nitrogens with zero attached hydrogens (tertiary/aromatic N) is 1. The van der Waals surface area contributed by atoms with Crippen molar-refractivity contribution in [2.75, 3.05) is 44.0 Å². The maximum atomic E-state index is 6.18. The summed E-state index contributed by atoms with van der Waals surface area (Å²) in [4.78, 5) is 2.52. The molecular weight excluding hydrogens is 276 g/mol. The van der Waals surface area contributed by atoms with Crippen LogP contribution in [0.2, 0.25) is 0 Å². The highest BCUT2D eigenvalue weighted by atomic mass is 16.5. The molecule has 2 fully saturated rings. The fraction of sp³-hybridized carbons (Fsp3) is 0.667. The summed E-state index contributed by atoms with van der Waals surface area (Å²) in [5, 5.41) is 0. The van der Waals surface area contributed by atoms with Gasteiger partial charge < -0.3 is 20.1 Å². The predicted octanol–water partition coefficient (Wildman–Crippen LogP) is 3.41. The van der Waals surface area contributed by atoms with Gasteiger partial charge in [0.1, 0.15) is 5.75 Å². The minimum Gasteiger partial charge on any atom is -0.495 e. The third-order valence-corrected chi connectivity index (χ3v) is 5.16. The smallest absolute Gasteiger partial charge is 0.143 e. The molecule has 4 nitrogen and oxygen atoms in total. The number of nitrogen functional groups attached to an aromatic ring is 1. The second kappa shape index (κ2) is 6.78. The summed E-state index contributed by atoms with van der Waals surface area (Å²) >= 11 is 0. The zero-order valence-electron chi connectivity index (χ0n) is 13.8. The van der Waals surface area contributed by atoms with Gasteiger partial charge >= 0.3 is 0 Å². The summed E-state index contributed by atoms with van der Waals surface area (Å²) in [5.41, 5.74) is 9.64. The Bertz CT molecular complexity index is 504. The molecule has 0 atom stereocenters. The van der Waals surface area contributed by atoms with Crippen LogP contribution in [0.5, 0.6) is 5.75 Å². The van der Waals surface area contributed by atoms with Gasteiger partial charge in [0.15, 0.2) is 0 Å². The van der Waals surface area contributed by atoms with Crippen LogP contribution in [-0.2, 0) is 4.74 Å². The van der Waals surface area contributed by atoms with Crippen LogP contribution in [0, 0.1) is 5.92 Å². The summed E-state index contributed by atoms with van der Waals surface area (Å²) in [6.45, 7) is 6.31. The zero-order valence-corrected chi connectivity index (χ0v) is 13.8. The predicted molar refractivity (Wildman–Crippen MR) is 90.8 cm³/mol. The van der Waals surface area contributed by atoms with E-state index in [1.165, 1.54) is 24.1 Å². The lowest BCUT2D eigenvalue weighted by atomic mass is 9.88. The quantitative estimate of drug-likeness (QED) is 0.869. The van der Waals surface area contributed by atoms with Gasteiger partial charge in [-0.3, -0.25) is 0 Å².